The van der Waals surface area contributed by atoms with E-state index in [4.69, 9.17) is 4.74 Å². The second-order valence-electron chi connectivity index (χ2n) is 4.37. The van der Waals surface area contributed by atoms with Gasteiger partial charge in [0.2, 0.25) is 0 Å². The SMILES string of the molecule is CCNc1cc(COc2ccc(CC)cc2)ccn1. The standard InChI is InChI=1S/C16H20N2O/c1-3-13-5-7-15(8-6-13)19-12-14-9-10-18-16(11-14)17-4-2/h5-11H,3-4,12H2,1-2H3,(H,17,18). The van der Waals surface area contributed by atoms with Crippen molar-refractivity contribution in [3.63, 3.8) is 0 Å². The third-order valence-corrected chi connectivity index (χ3v) is 2.92. The van der Waals surface area contributed by atoms with E-state index in [9.17, 15) is 0 Å². The molecule has 3 nitrogen and oxygen atoms in total. The lowest BCUT2D eigenvalue weighted by Gasteiger charge is -2.08. The van der Waals surface area contributed by atoms with Crippen LogP contribution in [-0.2, 0) is 13.0 Å². The number of hydrogen-bond acceptors (Lipinski definition) is 3. The average molecular weight is 256 g/mol. The molecule has 0 fully saturated rings. The Hall–Kier alpha value is -2.03. The minimum absolute atomic E-state index is 0.562. The summed E-state index contributed by atoms with van der Waals surface area (Å²) < 4.78 is 5.77. The predicted molar refractivity (Wildman–Crippen MR) is 78.6 cm³/mol. The molecule has 0 aliphatic rings. The summed E-state index contributed by atoms with van der Waals surface area (Å²) in [7, 11) is 0. The molecule has 1 heterocycles. The van der Waals surface area contributed by atoms with Crippen molar-refractivity contribution in [2.75, 3.05) is 11.9 Å². The zero-order chi connectivity index (χ0) is 13.5. The molecular weight excluding hydrogens is 236 g/mol. The summed E-state index contributed by atoms with van der Waals surface area (Å²) in [6.45, 7) is 5.64. The second kappa shape index (κ2) is 6.78. The molecule has 1 aromatic carbocycles. The lowest BCUT2D eigenvalue weighted by Crippen LogP contribution is -2.01. The van der Waals surface area contributed by atoms with Gasteiger partial charge in [-0.2, -0.15) is 0 Å². The van der Waals surface area contributed by atoms with E-state index in [1.54, 1.807) is 6.20 Å². The second-order valence-corrected chi connectivity index (χ2v) is 4.37. The zero-order valence-corrected chi connectivity index (χ0v) is 11.5. The molecule has 3 heteroatoms. The number of nitrogens with zero attached hydrogens (tertiary/aromatic N) is 1. The summed E-state index contributed by atoms with van der Waals surface area (Å²) in [5.41, 5.74) is 2.44. The first kappa shape index (κ1) is 13.4. The first-order chi connectivity index (χ1) is 9.31. The van der Waals surface area contributed by atoms with E-state index < -0.39 is 0 Å². The summed E-state index contributed by atoms with van der Waals surface area (Å²) in [6.07, 6.45) is 2.85. The van der Waals surface area contributed by atoms with Gasteiger partial charge in [-0.1, -0.05) is 19.1 Å². The third kappa shape index (κ3) is 3.98. The van der Waals surface area contributed by atoms with E-state index in [0.29, 0.717) is 6.61 Å². The Morgan fingerprint density at radius 3 is 2.53 bits per heavy atom. The van der Waals surface area contributed by atoms with Gasteiger partial charge >= 0.3 is 0 Å². The van der Waals surface area contributed by atoms with Gasteiger partial charge in [-0.3, -0.25) is 0 Å². The van der Waals surface area contributed by atoms with Crippen molar-refractivity contribution in [2.24, 2.45) is 0 Å². The molecule has 0 saturated carbocycles. The highest BCUT2D eigenvalue weighted by atomic mass is 16.5. The van der Waals surface area contributed by atoms with Crippen LogP contribution in [0.3, 0.4) is 0 Å². The number of aryl methyl sites for hydroxylation is 1. The van der Waals surface area contributed by atoms with Crippen LogP contribution in [0.2, 0.25) is 0 Å². The number of benzene rings is 1. The average Bonchev–Trinajstić information content (AvgIpc) is 2.46. The Labute approximate surface area is 114 Å². The van der Waals surface area contributed by atoms with E-state index in [-0.39, 0.29) is 0 Å². The molecule has 0 aliphatic heterocycles. The van der Waals surface area contributed by atoms with Crippen LogP contribution in [0.4, 0.5) is 5.82 Å². The molecule has 2 rings (SSSR count). The van der Waals surface area contributed by atoms with Crippen molar-refractivity contribution < 1.29 is 4.74 Å². The van der Waals surface area contributed by atoms with E-state index in [0.717, 1.165) is 30.1 Å². The molecule has 1 aromatic heterocycles. The largest absolute Gasteiger partial charge is 0.489 e. The maximum absolute atomic E-state index is 5.77. The molecular formula is C16H20N2O. The van der Waals surface area contributed by atoms with Gasteiger partial charge in [0.05, 0.1) is 0 Å². The zero-order valence-electron chi connectivity index (χ0n) is 11.5. The first-order valence-electron chi connectivity index (χ1n) is 6.72. The lowest BCUT2D eigenvalue weighted by atomic mass is 10.2. The highest BCUT2D eigenvalue weighted by Gasteiger charge is 1.99. The van der Waals surface area contributed by atoms with Crippen molar-refractivity contribution in [1.82, 2.24) is 4.98 Å². The van der Waals surface area contributed by atoms with Crippen LogP contribution in [0.15, 0.2) is 42.6 Å². The van der Waals surface area contributed by atoms with Crippen LogP contribution < -0.4 is 10.1 Å². The van der Waals surface area contributed by atoms with Gasteiger partial charge in [-0.25, -0.2) is 4.98 Å². The minimum Gasteiger partial charge on any atom is -0.489 e. The van der Waals surface area contributed by atoms with E-state index in [2.05, 4.69) is 36.3 Å². The van der Waals surface area contributed by atoms with E-state index in [1.807, 2.05) is 24.3 Å². The number of ether oxygens (including phenoxy) is 1. The Balaban J connectivity index is 1.95. The smallest absolute Gasteiger partial charge is 0.126 e. The third-order valence-electron chi connectivity index (χ3n) is 2.92. The normalized spacial score (nSPS) is 10.2. The fourth-order valence-corrected chi connectivity index (χ4v) is 1.83. The van der Waals surface area contributed by atoms with Gasteiger partial charge in [0.25, 0.3) is 0 Å². The number of hydrogen-bond donors (Lipinski definition) is 1. The molecule has 19 heavy (non-hydrogen) atoms. The maximum Gasteiger partial charge on any atom is 0.126 e. The molecule has 2 aromatic rings. The Bertz CT molecular complexity index is 508. The van der Waals surface area contributed by atoms with Crippen molar-refractivity contribution >= 4 is 5.82 Å². The van der Waals surface area contributed by atoms with Gasteiger partial charge in [-0.05, 0) is 48.7 Å². The predicted octanol–water partition coefficient (Wildman–Crippen LogP) is 3.65. The molecule has 0 unspecified atom stereocenters. The molecule has 0 atom stereocenters. The first-order valence-corrected chi connectivity index (χ1v) is 6.72. The Morgan fingerprint density at radius 1 is 1.05 bits per heavy atom. The quantitative estimate of drug-likeness (QED) is 0.856. The van der Waals surface area contributed by atoms with Crippen molar-refractivity contribution in [2.45, 2.75) is 26.9 Å². The Morgan fingerprint density at radius 2 is 1.84 bits per heavy atom. The van der Waals surface area contributed by atoms with Gasteiger partial charge in [0, 0.05) is 12.7 Å². The molecule has 0 amide bonds. The summed E-state index contributed by atoms with van der Waals surface area (Å²) in [4.78, 5) is 4.24. The van der Waals surface area contributed by atoms with Crippen molar-refractivity contribution in [1.29, 1.82) is 0 Å². The molecule has 100 valence electrons. The molecule has 0 bridgehead atoms. The van der Waals surface area contributed by atoms with Crippen molar-refractivity contribution in [3.8, 4) is 5.75 Å². The monoisotopic (exact) mass is 256 g/mol. The highest BCUT2D eigenvalue weighted by Crippen LogP contribution is 2.15. The van der Waals surface area contributed by atoms with Crippen LogP contribution in [0.5, 0.6) is 5.75 Å². The van der Waals surface area contributed by atoms with Gasteiger partial charge in [-0.15, -0.1) is 0 Å². The van der Waals surface area contributed by atoms with Gasteiger partial charge in [0.15, 0.2) is 0 Å². The Kier molecular flexibility index (Phi) is 4.78. The van der Waals surface area contributed by atoms with Crippen molar-refractivity contribution in [3.05, 3.63) is 53.7 Å². The summed E-state index contributed by atoms with van der Waals surface area (Å²) in [5.74, 6) is 1.80. The molecule has 0 aliphatic carbocycles. The fourth-order valence-electron chi connectivity index (χ4n) is 1.83. The number of aromatic nitrogens is 1. The number of rotatable bonds is 6. The number of pyridine rings is 1. The van der Waals surface area contributed by atoms with E-state index >= 15 is 0 Å². The number of anilines is 1. The molecule has 0 spiro atoms. The van der Waals surface area contributed by atoms with Crippen LogP contribution in [0, 0.1) is 0 Å². The van der Waals surface area contributed by atoms with Crippen LogP contribution >= 0.6 is 0 Å². The topological polar surface area (TPSA) is 34.1 Å². The maximum atomic E-state index is 5.77. The lowest BCUT2D eigenvalue weighted by molar-refractivity contribution is 0.306. The van der Waals surface area contributed by atoms with Crippen LogP contribution in [0.25, 0.3) is 0 Å². The number of nitrogens with one attached hydrogen (secondary N) is 1. The van der Waals surface area contributed by atoms with E-state index in [1.165, 1.54) is 5.56 Å². The van der Waals surface area contributed by atoms with Gasteiger partial charge in [0.1, 0.15) is 18.2 Å². The van der Waals surface area contributed by atoms with Crippen LogP contribution in [0.1, 0.15) is 25.0 Å². The van der Waals surface area contributed by atoms with Crippen LogP contribution in [-0.4, -0.2) is 11.5 Å². The highest BCUT2D eigenvalue weighted by molar-refractivity contribution is 5.37. The summed E-state index contributed by atoms with van der Waals surface area (Å²) in [6, 6.07) is 12.2. The summed E-state index contributed by atoms with van der Waals surface area (Å²) >= 11 is 0. The minimum atomic E-state index is 0.562. The molecule has 0 radical (unpaired) electrons. The summed E-state index contributed by atoms with van der Waals surface area (Å²) in [5, 5.41) is 3.19. The fraction of sp³-hybridized carbons (Fsp3) is 0.312. The molecule has 0 saturated heterocycles. The van der Waals surface area contributed by atoms with Gasteiger partial charge < -0.3 is 10.1 Å². The molecule has 1 N–H and O–H groups in total.